The van der Waals surface area contributed by atoms with Crippen molar-refractivity contribution in [3.05, 3.63) is 35.4 Å². The van der Waals surface area contributed by atoms with Gasteiger partial charge in [0.1, 0.15) is 6.17 Å². The number of halogens is 3. The van der Waals surface area contributed by atoms with Gasteiger partial charge in [-0.3, -0.25) is 0 Å². The predicted molar refractivity (Wildman–Crippen MR) is 39.3 cm³/mol. The van der Waals surface area contributed by atoms with Gasteiger partial charge in [0.05, 0.1) is 0 Å². The van der Waals surface area contributed by atoms with Crippen LogP contribution in [0, 0.1) is 11.6 Å². The van der Waals surface area contributed by atoms with E-state index < -0.39 is 17.8 Å². The van der Waals surface area contributed by atoms with Crippen molar-refractivity contribution in [3.63, 3.8) is 0 Å². The molecule has 0 heterocycles. The molecule has 0 radical (unpaired) electrons. The first-order valence-electron chi connectivity index (χ1n) is 3.44. The van der Waals surface area contributed by atoms with E-state index in [1.807, 2.05) is 0 Å². The summed E-state index contributed by atoms with van der Waals surface area (Å²) in [7, 11) is 0. The topological polar surface area (TPSA) is 26.0 Å². The fourth-order valence-electron chi connectivity index (χ4n) is 0.843. The lowest BCUT2D eigenvalue weighted by Gasteiger charge is -2.04. The highest BCUT2D eigenvalue weighted by atomic mass is 19.2. The standard InChI is InChI=1S/C8H8F3N/c9-6-2-1-5(3-7(6)10)8(11)4-12/h1-3,8H,4,12H2. The number of rotatable bonds is 2. The van der Waals surface area contributed by atoms with Crippen LogP contribution in [0.15, 0.2) is 18.2 Å². The van der Waals surface area contributed by atoms with Gasteiger partial charge in [-0.25, -0.2) is 13.2 Å². The van der Waals surface area contributed by atoms with Crippen LogP contribution in [0.1, 0.15) is 11.7 Å². The Morgan fingerprint density at radius 1 is 1.25 bits per heavy atom. The van der Waals surface area contributed by atoms with Gasteiger partial charge in [0.25, 0.3) is 0 Å². The first kappa shape index (κ1) is 9.06. The molecule has 1 rings (SSSR count). The summed E-state index contributed by atoms with van der Waals surface area (Å²) in [6.07, 6.45) is -1.43. The van der Waals surface area contributed by atoms with E-state index in [0.717, 1.165) is 12.1 Å². The van der Waals surface area contributed by atoms with E-state index in [9.17, 15) is 13.2 Å². The SMILES string of the molecule is NCC(F)c1ccc(F)c(F)c1. The average molecular weight is 175 g/mol. The van der Waals surface area contributed by atoms with E-state index in [2.05, 4.69) is 0 Å². The van der Waals surface area contributed by atoms with Crippen molar-refractivity contribution in [2.75, 3.05) is 6.54 Å². The molecule has 0 aliphatic heterocycles. The quantitative estimate of drug-likeness (QED) is 0.730. The Morgan fingerprint density at radius 2 is 1.92 bits per heavy atom. The highest BCUT2D eigenvalue weighted by Gasteiger charge is 2.09. The third-order valence-electron chi connectivity index (χ3n) is 1.51. The Labute approximate surface area is 68.0 Å². The summed E-state index contributed by atoms with van der Waals surface area (Å²) in [4.78, 5) is 0. The molecule has 1 atom stereocenters. The Balaban J connectivity index is 2.96. The van der Waals surface area contributed by atoms with E-state index >= 15 is 0 Å². The van der Waals surface area contributed by atoms with Crippen LogP contribution in [-0.2, 0) is 0 Å². The molecule has 4 heteroatoms. The molecule has 0 bridgehead atoms. The van der Waals surface area contributed by atoms with Crippen LogP contribution in [0.25, 0.3) is 0 Å². The molecule has 66 valence electrons. The van der Waals surface area contributed by atoms with E-state index in [1.54, 1.807) is 0 Å². The zero-order chi connectivity index (χ0) is 9.14. The minimum absolute atomic E-state index is 0.0661. The summed E-state index contributed by atoms with van der Waals surface area (Å²) in [5.74, 6) is -2.04. The molecule has 1 unspecified atom stereocenters. The third-order valence-corrected chi connectivity index (χ3v) is 1.51. The molecule has 0 fully saturated rings. The molecule has 0 spiro atoms. The second-order valence-corrected chi connectivity index (χ2v) is 2.38. The van der Waals surface area contributed by atoms with Crippen LogP contribution in [0.3, 0.4) is 0 Å². The van der Waals surface area contributed by atoms with E-state index in [0.29, 0.717) is 0 Å². The Hall–Kier alpha value is -1.03. The second kappa shape index (κ2) is 3.58. The van der Waals surface area contributed by atoms with Gasteiger partial charge in [-0.1, -0.05) is 6.07 Å². The van der Waals surface area contributed by atoms with Crippen LogP contribution in [0.2, 0.25) is 0 Å². The van der Waals surface area contributed by atoms with Crippen LogP contribution in [-0.4, -0.2) is 6.54 Å². The highest BCUT2D eigenvalue weighted by Crippen LogP contribution is 2.18. The van der Waals surface area contributed by atoms with Crippen molar-refractivity contribution < 1.29 is 13.2 Å². The summed E-state index contributed by atoms with van der Waals surface area (Å²) >= 11 is 0. The first-order chi connectivity index (χ1) is 5.65. The lowest BCUT2D eigenvalue weighted by atomic mass is 10.1. The van der Waals surface area contributed by atoms with Gasteiger partial charge >= 0.3 is 0 Å². The normalized spacial score (nSPS) is 13.0. The van der Waals surface area contributed by atoms with Crippen molar-refractivity contribution in [3.8, 4) is 0 Å². The molecule has 0 aliphatic rings. The molecule has 1 aromatic rings. The lowest BCUT2D eigenvalue weighted by molar-refractivity contribution is 0.350. The van der Waals surface area contributed by atoms with E-state index in [-0.39, 0.29) is 12.1 Å². The maximum absolute atomic E-state index is 12.8. The summed E-state index contributed by atoms with van der Waals surface area (Å²) in [6, 6.07) is 2.87. The molecule has 0 amide bonds. The highest BCUT2D eigenvalue weighted by molar-refractivity contribution is 5.20. The third kappa shape index (κ3) is 1.76. The molecule has 0 aromatic heterocycles. The van der Waals surface area contributed by atoms with Gasteiger partial charge in [0, 0.05) is 6.54 Å². The minimum Gasteiger partial charge on any atom is -0.327 e. The summed E-state index contributed by atoms with van der Waals surface area (Å²) in [6.45, 7) is -0.231. The maximum atomic E-state index is 12.8. The van der Waals surface area contributed by atoms with Crippen molar-refractivity contribution in [1.82, 2.24) is 0 Å². The molecule has 1 aromatic carbocycles. The molecule has 2 N–H and O–H groups in total. The number of alkyl halides is 1. The van der Waals surface area contributed by atoms with Crippen molar-refractivity contribution in [1.29, 1.82) is 0 Å². The van der Waals surface area contributed by atoms with Crippen molar-refractivity contribution in [2.45, 2.75) is 6.17 Å². The summed E-state index contributed by atoms with van der Waals surface area (Å²) < 4.78 is 37.6. The lowest BCUT2D eigenvalue weighted by Crippen LogP contribution is -2.08. The van der Waals surface area contributed by atoms with E-state index in [1.165, 1.54) is 6.07 Å². The fraction of sp³-hybridized carbons (Fsp3) is 0.250. The Morgan fingerprint density at radius 3 is 2.42 bits per heavy atom. The number of nitrogens with two attached hydrogens (primary N) is 1. The number of hydrogen-bond donors (Lipinski definition) is 1. The first-order valence-corrected chi connectivity index (χ1v) is 3.44. The number of hydrogen-bond acceptors (Lipinski definition) is 1. The van der Waals surface area contributed by atoms with Crippen molar-refractivity contribution in [2.24, 2.45) is 5.73 Å². The van der Waals surface area contributed by atoms with Gasteiger partial charge in [-0.15, -0.1) is 0 Å². The van der Waals surface area contributed by atoms with Crippen LogP contribution >= 0.6 is 0 Å². The van der Waals surface area contributed by atoms with Gasteiger partial charge in [-0.2, -0.15) is 0 Å². The summed E-state index contributed by atoms with van der Waals surface area (Å²) in [5, 5.41) is 0. The van der Waals surface area contributed by atoms with Gasteiger partial charge < -0.3 is 5.73 Å². The predicted octanol–water partition coefficient (Wildman–Crippen LogP) is 1.93. The van der Waals surface area contributed by atoms with Crippen LogP contribution in [0.5, 0.6) is 0 Å². The Bertz CT molecular complexity index is 275. The van der Waals surface area contributed by atoms with Gasteiger partial charge in [-0.05, 0) is 17.7 Å². The van der Waals surface area contributed by atoms with Crippen LogP contribution in [0.4, 0.5) is 13.2 Å². The molecule has 0 aliphatic carbocycles. The van der Waals surface area contributed by atoms with Crippen molar-refractivity contribution >= 4 is 0 Å². The fourth-order valence-corrected chi connectivity index (χ4v) is 0.843. The van der Waals surface area contributed by atoms with Gasteiger partial charge in [0.2, 0.25) is 0 Å². The second-order valence-electron chi connectivity index (χ2n) is 2.38. The van der Waals surface area contributed by atoms with E-state index in [4.69, 9.17) is 5.73 Å². The Kier molecular flexibility index (Phi) is 2.70. The average Bonchev–Trinajstić information content (AvgIpc) is 2.08. The smallest absolute Gasteiger partial charge is 0.159 e. The molecular formula is C8H8F3N. The molecule has 0 saturated carbocycles. The molecule has 1 nitrogen and oxygen atoms in total. The molecule has 12 heavy (non-hydrogen) atoms. The maximum Gasteiger partial charge on any atom is 0.159 e. The largest absolute Gasteiger partial charge is 0.327 e. The van der Waals surface area contributed by atoms with Gasteiger partial charge in [0.15, 0.2) is 11.6 Å². The summed E-state index contributed by atoms with van der Waals surface area (Å²) in [5.41, 5.74) is 5.07. The zero-order valence-corrected chi connectivity index (χ0v) is 6.23. The molecule has 0 saturated heterocycles. The van der Waals surface area contributed by atoms with Crippen LogP contribution < -0.4 is 5.73 Å². The number of benzene rings is 1. The minimum atomic E-state index is -1.43. The molecular weight excluding hydrogens is 167 g/mol. The monoisotopic (exact) mass is 175 g/mol. The zero-order valence-electron chi connectivity index (χ0n) is 6.23.